The van der Waals surface area contributed by atoms with Crippen molar-refractivity contribution in [1.82, 2.24) is 10.2 Å². The van der Waals surface area contributed by atoms with E-state index in [4.69, 9.17) is 11.6 Å². The van der Waals surface area contributed by atoms with Crippen molar-refractivity contribution >= 4 is 22.9 Å². The lowest BCUT2D eigenvalue weighted by Crippen LogP contribution is -2.46. The summed E-state index contributed by atoms with van der Waals surface area (Å²) < 4.78 is 0.947. The highest BCUT2D eigenvalue weighted by atomic mass is 35.5. The van der Waals surface area contributed by atoms with Gasteiger partial charge in [0.1, 0.15) is 0 Å². The van der Waals surface area contributed by atoms with E-state index in [2.05, 4.69) is 30.3 Å². The normalized spacial score (nSPS) is 32.7. The fraction of sp³-hybridized carbons (Fsp3) is 0.714. The average molecular weight is 285 g/mol. The second kappa shape index (κ2) is 5.12. The van der Waals surface area contributed by atoms with Gasteiger partial charge in [-0.1, -0.05) is 11.6 Å². The van der Waals surface area contributed by atoms with Gasteiger partial charge in [0.25, 0.3) is 0 Å². The number of rotatable bonds is 2. The first-order valence-electron chi connectivity index (χ1n) is 6.88. The van der Waals surface area contributed by atoms with Gasteiger partial charge >= 0.3 is 0 Å². The van der Waals surface area contributed by atoms with Gasteiger partial charge in [0, 0.05) is 23.0 Å². The van der Waals surface area contributed by atoms with Crippen molar-refractivity contribution in [2.75, 3.05) is 13.6 Å². The molecule has 0 amide bonds. The van der Waals surface area contributed by atoms with Crippen LogP contribution in [0.2, 0.25) is 4.34 Å². The van der Waals surface area contributed by atoms with Crippen LogP contribution in [0.3, 0.4) is 0 Å². The van der Waals surface area contributed by atoms with Crippen molar-refractivity contribution in [3.05, 3.63) is 20.8 Å². The smallest absolute Gasteiger partial charge is 0.0934 e. The van der Waals surface area contributed by atoms with Crippen LogP contribution < -0.4 is 5.32 Å². The maximum absolute atomic E-state index is 6.11. The van der Waals surface area contributed by atoms with Crippen LogP contribution in [0.25, 0.3) is 0 Å². The van der Waals surface area contributed by atoms with Gasteiger partial charge in [0.15, 0.2) is 0 Å². The number of likely N-dealkylation sites (tertiary alicyclic amines) is 1. The zero-order valence-corrected chi connectivity index (χ0v) is 12.7. The summed E-state index contributed by atoms with van der Waals surface area (Å²) in [5.74, 6) is 0. The first kappa shape index (κ1) is 12.9. The van der Waals surface area contributed by atoms with Crippen molar-refractivity contribution in [3.8, 4) is 0 Å². The van der Waals surface area contributed by atoms with Gasteiger partial charge in [0.05, 0.1) is 4.34 Å². The summed E-state index contributed by atoms with van der Waals surface area (Å²) in [6, 6.07) is 4.09. The summed E-state index contributed by atoms with van der Waals surface area (Å²) in [5.41, 5.74) is 1.47. The minimum Gasteiger partial charge on any atom is -0.307 e. The predicted octanol–water partition coefficient (Wildman–Crippen LogP) is 3.46. The average Bonchev–Trinajstić information content (AvgIpc) is 2.85. The van der Waals surface area contributed by atoms with Gasteiger partial charge in [-0.15, -0.1) is 11.3 Å². The monoisotopic (exact) mass is 284 g/mol. The molecule has 2 aliphatic rings. The fourth-order valence-electron chi connectivity index (χ4n) is 3.23. The molecular formula is C14H21ClN2S. The predicted molar refractivity (Wildman–Crippen MR) is 78.6 cm³/mol. The minimum absolute atomic E-state index is 0.546. The summed E-state index contributed by atoms with van der Waals surface area (Å²) in [7, 11) is 2.23. The lowest BCUT2D eigenvalue weighted by molar-refractivity contribution is 0.162. The second-order valence-electron chi connectivity index (χ2n) is 5.74. The molecule has 2 nitrogen and oxygen atoms in total. The molecule has 0 aromatic carbocycles. The SMILES string of the molecule is CC1CC(NC2CCc3sc(Cl)cc32)CCN1C. The number of hydrogen-bond donors (Lipinski definition) is 1. The Morgan fingerprint density at radius 2 is 2.28 bits per heavy atom. The van der Waals surface area contributed by atoms with E-state index < -0.39 is 0 Å². The number of halogens is 1. The van der Waals surface area contributed by atoms with Gasteiger partial charge in [0.2, 0.25) is 0 Å². The highest BCUT2D eigenvalue weighted by Gasteiger charge is 2.29. The lowest BCUT2D eigenvalue weighted by atomic mass is 9.97. The summed E-state index contributed by atoms with van der Waals surface area (Å²) >= 11 is 7.87. The van der Waals surface area contributed by atoms with E-state index in [1.807, 2.05) is 0 Å². The molecule has 0 spiro atoms. The van der Waals surface area contributed by atoms with Crippen LogP contribution in [-0.4, -0.2) is 30.6 Å². The second-order valence-corrected chi connectivity index (χ2v) is 7.51. The van der Waals surface area contributed by atoms with E-state index in [1.165, 1.54) is 42.7 Å². The molecule has 3 atom stereocenters. The molecule has 1 aliphatic carbocycles. The van der Waals surface area contributed by atoms with Gasteiger partial charge < -0.3 is 10.2 Å². The zero-order chi connectivity index (χ0) is 12.7. The maximum Gasteiger partial charge on any atom is 0.0934 e. The molecule has 0 bridgehead atoms. The fourth-order valence-corrected chi connectivity index (χ4v) is 4.59. The number of aryl methyl sites for hydroxylation is 1. The van der Waals surface area contributed by atoms with Crippen LogP contribution in [0.4, 0.5) is 0 Å². The number of piperidine rings is 1. The highest BCUT2D eigenvalue weighted by molar-refractivity contribution is 7.16. The van der Waals surface area contributed by atoms with Crippen LogP contribution >= 0.6 is 22.9 Å². The molecule has 3 rings (SSSR count). The molecule has 1 saturated heterocycles. The van der Waals surface area contributed by atoms with Crippen LogP contribution in [0.5, 0.6) is 0 Å². The third kappa shape index (κ3) is 2.46. The Hall–Kier alpha value is -0.0900. The summed E-state index contributed by atoms with van der Waals surface area (Å²) in [6.45, 7) is 3.54. The first-order valence-corrected chi connectivity index (χ1v) is 8.07. The minimum atomic E-state index is 0.546. The van der Waals surface area contributed by atoms with Crippen molar-refractivity contribution in [2.45, 2.75) is 50.7 Å². The Bertz CT molecular complexity index is 431. The Morgan fingerprint density at radius 3 is 3.06 bits per heavy atom. The molecule has 1 fully saturated rings. The number of fused-ring (bicyclic) bond motifs is 1. The summed E-state index contributed by atoms with van der Waals surface area (Å²) in [6.07, 6.45) is 4.98. The molecule has 1 aliphatic heterocycles. The standard InChI is InChI=1S/C14H21ClN2S/c1-9-7-10(5-6-17(9)2)16-12-3-4-13-11(12)8-14(15)18-13/h8-10,12,16H,3-7H2,1-2H3. The molecule has 4 heteroatoms. The summed E-state index contributed by atoms with van der Waals surface area (Å²) in [5, 5.41) is 3.86. The van der Waals surface area contributed by atoms with Gasteiger partial charge in [-0.3, -0.25) is 0 Å². The van der Waals surface area contributed by atoms with E-state index in [-0.39, 0.29) is 0 Å². The van der Waals surface area contributed by atoms with Crippen molar-refractivity contribution in [3.63, 3.8) is 0 Å². The Kier molecular flexibility index (Phi) is 3.68. The van der Waals surface area contributed by atoms with Crippen LogP contribution in [0.1, 0.15) is 42.7 Å². The lowest BCUT2D eigenvalue weighted by Gasteiger charge is -2.36. The molecule has 1 aromatic heterocycles. The molecule has 100 valence electrons. The highest BCUT2D eigenvalue weighted by Crippen LogP contribution is 2.39. The Balaban J connectivity index is 1.64. The van der Waals surface area contributed by atoms with Crippen LogP contribution in [0.15, 0.2) is 6.07 Å². The zero-order valence-electron chi connectivity index (χ0n) is 11.1. The molecule has 0 saturated carbocycles. The number of nitrogens with zero attached hydrogens (tertiary/aromatic N) is 1. The van der Waals surface area contributed by atoms with Crippen molar-refractivity contribution in [2.24, 2.45) is 0 Å². The number of thiophene rings is 1. The van der Waals surface area contributed by atoms with E-state index in [0.29, 0.717) is 18.1 Å². The molecule has 1 N–H and O–H groups in total. The topological polar surface area (TPSA) is 15.3 Å². The maximum atomic E-state index is 6.11. The van der Waals surface area contributed by atoms with E-state index in [0.717, 1.165) is 4.34 Å². The van der Waals surface area contributed by atoms with Crippen LogP contribution in [-0.2, 0) is 6.42 Å². The van der Waals surface area contributed by atoms with Gasteiger partial charge in [-0.2, -0.15) is 0 Å². The first-order chi connectivity index (χ1) is 8.63. The Morgan fingerprint density at radius 1 is 1.44 bits per heavy atom. The Labute approximate surface area is 118 Å². The van der Waals surface area contributed by atoms with Crippen molar-refractivity contribution < 1.29 is 0 Å². The van der Waals surface area contributed by atoms with Crippen LogP contribution in [0, 0.1) is 0 Å². The van der Waals surface area contributed by atoms with Crippen molar-refractivity contribution in [1.29, 1.82) is 0 Å². The largest absolute Gasteiger partial charge is 0.307 e. The molecule has 2 heterocycles. The molecule has 1 aromatic rings. The van der Waals surface area contributed by atoms with E-state index in [1.54, 1.807) is 11.3 Å². The quantitative estimate of drug-likeness (QED) is 0.895. The van der Waals surface area contributed by atoms with E-state index >= 15 is 0 Å². The third-order valence-corrected chi connectivity index (χ3v) is 5.83. The molecule has 3 unspecified atom stereocenters. The number of hydrogen-bond acceptors (Lipinski definition) is 3. The molecule has 18 heavy (non-hydrogen) atoms. The van der Waals surface area contributed by atoms with E-state index in [9.17, 15) is 0 Å². The summed E-state index contributed by atoms with van der Waals surface area (Å²) in [4.78, 5) is 3.96. The van der Waals surface area contributed by atoms with Gasteiger partial charge in [-0.05, 0) is 57.8 Å². The molecule has 0 radical (unpaired) electrons. The number of nitrogens with one attached hydrogen (secondary N) is 1. The van der Waals surface area contributed by atoms with Gasteiger partial charge in [-0.25, -0.2) is 0 Å². The molecular weight excluding hydrogens is 264 g/mol. The third-order valence-electron chi connectivity index (χ3n) is 4.49.